The van der Waals surface area contributed by atoms with E-state index < -0.39 is 5.60 Å². The molecule has 0 N–H and O–H groups in total. The highest BCUT2D eigenvalue weighted by molar-refractivity contribution is 5.79. The Kier molecular flexibility index (Phi) is 5.42. The normalized spacial score (nSPS) is 27.7. The van der Waals surface area contributed by atoms with Gasteiger partial charge in [-0.25, -0.2) is 4.79 Å². The Morgan fingerprint density at radius 1 is 1.12 bits per heavy atom. The predicted molar refractivity (Wildman–Crippen MR) is 97.5 cm³/mol. The van der Waals surface area contributed by atoms with Crippen LogP contribution < -0.4 is 0 Å². The molecule has 0 aromatic heterocycles. The number of rotatable bonds is 2. The van der Waals surface area contributed by atoms with Crippen LogP contribution in [0.4, 0.5) is 4.79 Å². The van der Waals surface area contributed by atoms with Crippen molar-refractivity contribution >= 4 is 11.9 Å². The van der Waals surface area contributed by atoms with Gasteiger partial charge in [-0.15, -0.1) is 0 Å². The van der Waals surface area contributed by atoms with E-state index in [0.717, 1.165) is 64.8 Å². The van der Waals surface area contributed by atoms with Crippen LogP contribution in [-0.4, -0.2) is 60.0 Å². The third kappa shape index (κ3) is 4.96. The van der Waals surface area contributed by atoms with E-state index in [1.807, 2.05) is 25.7 Å². The Balaban J connectivity index is 1.41. The van der Waals surface area contributed by atoms with Gasteiger partial charge < -0.3 is 14.5 Å². The van der Waals surface area contributed by atoms with Crippen LogP contribution >= 0.6 is 0 Å². The Bertz CT molecular complexity index is 492. The van der Waals surface area contributed by atoms with E-state index in [4.69, 9.17) is 4.74 Å². The molecular formula is C20H34N2O3. The van der Waals surface area contributed by atoms with Crippen molar-refractivity contribution in [1.82, 2.24) is 9.80 Å². The zero-order valence-corrected chi connectivity index (χ0v) is 16.2. The van der Waals surface area contributed by atoms with Crippen molar-refractivity contribution in [2.24, 2.45) is 11.3 Å². The van der Waals surface area contributed by atoms with Gasteiger partial charge in [0.1, 0.15) is 11.4 Å². The van der Waals surface area contributed by atoms with Gasteiger partial charge in [0.05, 0.1) is 0 Å². The van der Waals surface area contributed by atoms with Gasteiger partial charge in [0.25, 0.3) is 0 Å². The highest BCUT2D eigenvalue weighted by Crippen LogP contribution is 2.43. The minimum atomic E-state index is -0.419. The summed E-state index contributed by atoms with van der Waals surface area (Å²) in [5, 5.41) is 0. The van der Waals surface area contributed by atoms with Crippen molar-refractivity contribution in [2.75, 3.05) is 32.7 Å². The van der Waals surface area contributed by atoms with Crippen LogP contribution in [0.1, 0.15) is 65.7 Å². The second-order valence-electron chi connectivity index (χ2n) is 9.42. The van der Waals surface area contributed by atoms with Crippen LogP contribution in [0.3, 0.4) is 0 Å². The molecule has 0 radical (unpaired) electrons. The maximum absolute atomic E-state index is 12.2. The summed E-state index contributed by atoms with van der Waals surface area (Å²) in [5.41, 5.74) is 0.0281. The topological polar surface area (TPSA) is 49.9 Å². The second-order valence-corrected chi connectivity index (χ2v) is 9.42. The van der Waals surface area contributed by atoms with Crippen molar-refractivity contribution in [3.63, 3.8) is 0 Å². The zero-order valence-electron chi connectivity index (χ0n) is 16.2. The van der Waals surface area contributed by atoms with Gasteiger partial charge in [-0.1, -0.05) is 0 Å². The first-order valence-electron chi connectivity index (χ1n) is 9.97. The minimum Gasteiger partial charge on any atom is -0.444 e. The predicted octanol–water partition coefficient (Wildman–Crippen LogP) is 3.47. The number of amides is 1. The standard InChI is InChI=1S/C20H34N2O3/c1-19(2,3)25-18(24)22-11-6-16(15-22)14-21-12-9-20(10-13-21)7-4-17(23)5-8-20/h16H,4-15H2,1-3H3/t16-/m0/s1. The molecule has 5 nitrogen and oxygen atoms in total. The largest absolute Gasteiger partial charge is 0.444 e. The van der Waals surface area contributed by atoms with Crippen LogP contribution in [0.2, 0.25) is 0 Å². The fourth-order valence-electron chi connectivity index (χ4n) is 4.61. The Hall–Kier alpha value is -1.10. The van der Waals surface area contributed by atoms with Crippen molar-refractivity contribution < 1.29 is 14.3 Å². The fraction of sp³-hybridized carbons (Fsp3) is 0.900. The van der Waals surface area contributed by atoms with Gasteiger partial charge in [0.15, 0.2) is 0 Å². The smallest absolute Gasteiger partial charge is 0.410 e. The molecule has 0 aromatic carbocycles. The van der Waals surface area contributed by atoms with Crippen LogP contribution in [-0.2, 0) is 9.53 Å². The molecule has 1 atom stereocenters. The number of ether oxygens (including phenoxy) is 1. The van der Waals surface area contributed by atoms with Gasteiger partial charge in [0.2, 0.25) is 0 Å². The van der Waals surface area contributed by atoms with Gasteiger partial charge in [-0.3, -0.25) is 4.79 Å². The summed E-state index contributed by atoms with van der Waals surface area (Å²) in [6, 6.07) is 0. The van der Waals surface area contributed by atoms with Crippen LogP contribution in [0, 0.1) is 11.3 Å². The lowest BCUT2D eigenvalue weighted by Crippen LogP contribution is -2.44. The van der Waals surface area contributed by atoms with Crippen molar-refractivity contribution in [1.29, 1.82) is 0 Å². The number of carbonyl (C=O) groups excluding carboxylic acids is 2. The summed E-state index contributed by atoms with van der Waals surface area (Å²) < 4.78 is 5.49. The summed E-state index contributed by atoms with van der Waals surface area (Å²) in [6.45, 7) is 10.8. The van der Waals surface area contributed by atoms with E-state index in [-0.39, 0.29) is 6.09 Å². The molecule has 0 bridgehead atoms. The number of likely N-dealkylation sites (tertiary alicyclic amines) is 2. The monoisotopic (exact) mass is 350 g/mol. The molecule has 3 aliphatic rings. The third-order valence-electron chi connectivity index (χ3n) is 6.24. The highest BCUT2D eigenvalue weighted by atomic mass is 16.6. The molecule has 0 unspecified atom stereocenters. The molecule has 1 saturated carbocycles. The van der Waals surface area contributed by atoms with E-state index in [1.165, 1.54) is 12.8 Å². The molecule has 5 heteroatoms. The van der Waals surface area contributed by atoms with Crippen LogP contribution in [0.25, 0.3) is 0 Å². The number of piperidine rings is 1. The van der Waals surface area contributed by atoms with E-state index in [0.29, 0.717) is 17.1 Å². The maximum Gasteiger partial charge on any atom is 0.410 e. The first-order chi connectivity index (χ1) is 11.7. The number of hydrogen-bond acceptors (Lipinski definition) is 4. The maximum atomic E-state index is 12.2. The van der Waals surface area contributed by atoms with E-state index in [1.54, 1.807) is 0 Å². The first kappa shape index (κ1) is 18.7. The average Bonchev–Trinajstić information content (AvgIpc) is 3.00. The number of ketones is 1. The van der Waals surface area contributed by atoms with Gasteiger partial charge in [0, 0.05) is 32.5 Å². The SMILES string of the molecule is CC(C)(C)OC(=O)N1CC[C@@H](CN2CCC3(CCC(=O)CC3)CC2)C1. The molecule has 2 saturated heterocycles. The summed E-state index contributed by atoms with van der Waals surface area (Å²) in [5.74, 6) is 1.02. The molecule has 2 heterocycles. The quantitative estimate of drug-likeness (QED) is 0.765. The lowest BCUT2D eigenvalue weighted by atomic mass is 9.68. The number of carbonyl (C=O) groups is 2. The number of nitrogens with zero attached hydrogens (tertiary/aromatic N) is 2. The second kappa shape index (κ2) is 7.26. The van der Waals surface area contributed by atoms with E-state index >= 15 is 0 Å². The van der Waals surface area contributed by atoms with Crippen molar-refractivity contribution in [2.45, 2.75) is 71.3 Å². The average molecular weight is 351 g/mol. The summed E-state index contributed by atoms with van der Waals surface area (Å²) in [7, 11) is 0. The van der Waals surface area contributed by atoms with Crippen LogP contribution in [0.5, 0.6) is 0 Å². The van der Waals surface area contributed by atoms with Crippen molar-refractivity contribution in [3.8, 4) is 0 Å². The van der Waals surface area contributed by atoms with E-state index in [9.17, 15) is 9.59 Å². The molecule has 142 valence electrons. The van der Waals surface area contributed by atoms with Crippen molar-refractivity contribution in [3.05, 3.63) is 0 Å². The lowest BCUT2D eigenvalue weighted by Gasteiger charge is -2.44. The number of Topliss-reactive ketones (excluding diaryl/α,β-unsaturated/α-hetero) is 1. The molecule has 3 fully saturated rings. The molecule has 0 aromatic rings. The molecule has 1 aliphatic carbocycles. The lowest BCUT2D eigenvalue weighted by molar-refractivity contribution is -0.123. The third-order valence-corrected chi connectivity index (χ3v) is 6.24. The Morgan fingerprint density at radius 2 is 1.76 bits per heavy atom. The Morgan fingerprint density at radius 3 is 2.36 bits per heavy atom. The highest BCUT2D eigenvalue weighted by Gasteiger charge is 2.38. The number of hydrogen-bond donors (Lipinski definition) is 0. The molecule has 25 heavy (non-hydrogen) atoms. The molecular weight excluding hydrogens is 316 g/mol. The summed E-state index contributed by atoms with van der Waals surface area (Å²) in [4.78, 5) is 28.1. The van der Waals surface area contributed by atoms with E-state index in [2.05, 4.69) is 4.90 Å². The van der Waals surface area contributed by atoms with Gasteiger partial charge >= 0.3 is 6.09 Å². The summed E-state index contributed by atoms with van der Waals surface area (Å²) >= 11 is 0. The zero-order chi connectivity index (χ0) is 18.1. The Labute approximate surface area is 152 Å². The molecule has 2 aliphatic heterocycles. The molecule has 1 spiro atoms. The first-order valence-corrected chi connectivity index (χ1v) is 9.97. The summed E-state index contributed by atoms with van der Waals surface area (Å²) in [6.07, 6.45) is 7.20. The van der Waals surface area contributed by atoms with Gasteiger partial charge in [-0.05, 0) is 77.3 Å². The minimum absolute atomic E-state index is 0.167. The fourth-order valence-corrected chi connectivity index (χ4v) is 4.61. The molecule has 3 rings (SSSR count). The van der Waals surface area contributed by atoms with Crippen LogP contribution in [0.15, 0.2) is 0 Å². The van der Waals surface area contributed by atoms with Gasteiger partial charge in [-0.2, -0.15) is 0 Å². The molecule has 1 amide bonds.